The lowest BCUT2D eigenvalue weighted by Crippen LogP contribution is -1.96. The molecule has 2 rings (SSSR count). The Morgan fingerprint density at radius 3 is 2.70 bits per heavy atom. The predicted molar refractivity (Wildman–Crippen MR) is 79.4 cm³/mol. The zero-order valence-electron chi connectivity index (χ0n) is 11.5. The van der Waals surface area contributed by atoms with Crippen molar-refractivity contribution in [1.29, 1.82) is 0 Å². The average molecular weight is 288 g/mol. The average Bonchev–Trinajstić information content (AvgIpc) is 2.48. The molecule has 1 radical (unpaired) electrons. The Balaban J connectivity index is 2.25. The highest BCUT2D eigenvalue weighted by Crippen LogP contribution is 2.26. The summed E-state index contributed by atoms with van der Waals surface area (Å²) in [5.74, 6) is 2.04. The first kappa shape index (κ1) is 14.5. The molecule has 0 heterocycles. The van der Waals surface area contributed by atoms with E-state index >= 15 is 0 Å². The minimum absolute atomic E-state index is 0.474. The Morgan fingerprint density at radius 2 is 2.00 bits per heavy atom. The van der Waals surface area contributed by atoms with Gasteiger partial charge in [-0.1, -0.05) is 18.2 Å². The molecule has 2 aromatic carbocycles. The number of hydrogen-bond acceptors (Lipinski definition) is 3. The summed E-state index contributed by atoms with van der Waals surface area (Å²) in [5, 5.41) is 0. The van der Waals surface area contributed by atoms with Crippen LogP contribution in [0, 0.1) is 6.07 Å². The van der Waals surface area contributed by atoms with Crippen LogP contribution >= 0.6 is 0 Å². The van der Waals surface area contributed by atoms with E-state index in [1.165, 1.54) is 0 Å². The van der Waals surface area contributed by atoms with Crippen LogP contribution in [0.1, 0.15) is 16.7 Å². The van der Waals surface area contributed by atoms with E-state index in [4.69, 9.17) is 9.47 Å². The fraction of sp³-hybridized carbons (Fsp3) is 0.250. The van der Waals surface area contributed by atoms with Gasteiger partial charge >= 0.3 is 11.7 Å². The largest absolute Gasteiger partial charge is 0.497 e. The predicted octanol–water partition coefficient (Wildman–Crippen LogP) is 3.02. The molecular weight excluding hydrogens is 272 g/mol. The summed E-state index contributed by atoms with van der Waals surface area (Å²) >= 11 is 0.577. The SMILES string of the molecule is COc1ccc(Cc2[c]ccc(C[S+]=O)c2)c(OC)c1. The quantitative estimate of drug-likeness (QED) is 0.767. The molecule has 0 saturated carbocycles. The minimum Gasteiger partial charge on any atom is -0.497 e. The van der Waals surface area contributed by atoms with Gasteiger partial charge in [0.1, 0.15) is 11.5 Å². The smallest absolute Gasteiger partial charge is 0.463 e. The molecule has 0 N–H and O–H groups in total. The van der Waals surface area contributed by atoms with Gasteiger partial charge in [0.05, 0.1) is 14.2 Å². The summed E-state index contributed by atoms with van der Waals surface area (Å²) < 4.78 is 21.2. The molecule has 0 atom stereocenters. The van der Waals surface area contributed by atoms with Crippen molar-refractivity contribution < 1.29 is 13.7 Å². The summed E-state index contributed by atoms with van der Waals surface area (Å²) in [7, 11) is 3.28. The normalized spacial score (nSPS) is 10.1. The molecule has 0 bridgehead atoms. The molecule has 0 fully saturated rings. The first-order chi connectivity index (χ1) is 9.76. The van der Waals surface area contributed by atoms with Gasteiger partial charge in [0.2, 0.25) is 0 Å². The second-order valence-corrected chi connectivity index (χ2v) is 4.86. The molecule has 0 aliphatic heterocycles. The van der Waals surface area contributed by atoms with Gasteiger partial charge in [-0.25, -0.2) is 0 Å². The maximum atomic E-state index is 10.6. The maximum absolute atomic E-state index is 10.6. The third-order valence-electron chi connectivity index (χ3n) is 3.03. The molecular formula is C16H16O3S+. The molecule has 3 nitrogen and oxygen atoms in total. The second-order valence-electron chi connectivity index (χ2n) is 4.34. The van der Waals surface area contributed by atoms with Crippen LogP contribution in [0.2, 0.25) is 0 Å². The highest BCUT2D eigenvalue weighted by Gasteiger charge is 2.08. The Labute approximate surface area is 123 Å². The number of rotatable bonds is 6. The lowest BCUT2D eigenvalue weighted by molar-refractivity contribution is 0.391. The van der Waals surface area contributed by atoms with Crippen molar-refractivity contribution in [1.82, 2.24) is 0 Å². The zero-order valence-corrected chi connectivity index (χ0v) is 12.3. The van der Waals surface area contributed by atoms with Gasteiger partial charge in [-0.3, -0.25) is 0 Å². The van der Waals surface area contributed by atoms with E-state index in [0.717, 1.165) is 28.2 Å². The van der Waals surface area contributed by atoms with E-state index in [-0.39, 0.29) is 0 Å². The molecule has 4 heteroatoms. The summed E-state index contributed by atoms with van der Waals surface area (Å²) in [5.41, 5.74) is 3.13. The van der Waals surface area contributed by atoms with Gasteiger partial charge in [0, 0.05) is 22.3 Å². The van der Waals surface area contributed by atoms with Gasteiger partial charge in [-0.15, -0.1) is 0 Å². The van der Waals surface area contributed by atoms with Crippen molar-refractivity contribution in [3.63, 3.8) is 0 Å². The van der Waals surface area contributed by atoms with E-state index in [2.05, 4.69) is 6.07 Å². The number of ether oxygens (including phenoxy) is 2. The van der Waals surface area contributed by atoms with Crippen LogP contribution in [-0.4, -0.2) is 14.2 Å². The molecule has 103 valence electrons. The lowest BCUT2D eigenvalue weighted by Gasteiger charge is -2.10. The first-order valence-electron chi connectivity index (χ1n) is 6.22. The molecule has 0 aliphatic carbocycles. The van der Waals surface area contributed by atoms with Crippen LogP contribution in [0.3, 0.4) is 0 Å². The highest BCUT2D eigenvalue weighted by atomic mass is 32.1. The standard InChI is InChI=1S/C16H16O3S/c1-18-15-7-6-14(16(10-15)19-2)9-12-4-3-5-13(8-12)11-20-17/h3,5-8,10H,9,11H2,1-2H3/q+1. The van der Waals surface area contributed by atoms with Gasteiger partial charge in [-0.05, 0) is 29.3 Å². The van der Waals surface area contributed by atoms with E-state index in [0.29, 0.717) is 23.8 Å². The van der Waals surface area contributed by atoms with Gasteiger partial charge < -0.3 is 9.47 Å². The fourth-order valence-corrected chi connectivity index (χ4v) is 2.35. The highest BCUT2D eigenvalue weighted by molar-refractivity contribution is 7.64. The van der Waals surface area contributed by atoms with Gasteiger partial charge in [0.25, 0.3) is 5.75 Å². The summed E-state index contributed by atoms with van der Waals surface area (Å²) in [6, 6.07) is 14.7. The van der Waals surface area contributed by atoms with Crippen molar-refractivity contribution in [3.8, 4) is 11.5 Å². The second kappa shape index (κ2) is 7.01. The molecule has 0 amide bonds. The fourth-order valence-electron chi connectivity index (χ4n) is 2.03. The van der Waals surface area contributed by atoms with Crippen LogP contribution in [0.25, 0.3) is 0 Å². The van der Waals surface area contributed by atoms with Crippen LogP contribution in [-0.2, 0) is 28.0 Å². The lowest BCUT2D eigenvalue weighted by atomic mass is 10.0. The molecule has 0 saturated heterocycles. The topological polar surface area (TPSA) is 35.5 Å². The van der Waals surface area contributed by atoms with E-state index < -0.39 is 0 Å². The first-order valence-corrected chi connectivity index (χ1v) is 7.13. The van der Waals surface area contributed by atoms with Crippen LogP contribution in [0.15, 0.2) is 36.4 Å². The molecule has 0 aromatic heterocycles. The maximum Gasteiger partial charge on any atom is 0.463 e. The van der Waals surface area contributed by atoms with Crippen LogP contribution in [0.5, 0.6) is 11.5 Å². The molecule has 20 heavy (non-hydrogen) atoms. The van der Waals surface area contributed by atoms with E-state index in [1.54, 1.807) is 14.2 Å². The van der Waals surface area contributed by atoms with Crippen molar-refractivity contribution in [2.45, 2.75) is 12.2 Å². The van der Waals surface area contributed by atoms with E-state index in [9.17, 15) is 4.21 Å². The Bertz CT molecular complexity index is 596. The van der Waals surface area contributed by atoms with Crippen molar-refractivity contribution in [2.24, 2.45) is 0 Å². The Hall–Kier alpha value is -1.94. The van der Waals surface area contributed by atoms with Crippen molar-refractivity contribution in [3.05, 3.63) is 59.2 Å². The number of methoxy groups -OCH3 is 2. The van der Waals surface area contributed by atoms with Crippen LogP contribution < -0.4 is 9.47 Å². The zero-order chi connectivity index (χ0) is 14.4. The summed E-state index contributed by atoms with van der Waals surface area (Å²) in [6.45, 7) is 0. The number of hydrogen-bond donors (Lipinski definition) is 0. The minimum atomic E-state index is 0.474. The van der Waals surface area contributed by atoms with Crippen molar-refractivity contribution in [2.75, 3.05) is 14.2 Å². The third kappa shape index (κ3) is 3.54. The van der Waals surface area contributed by atoms with E-state index in [1.807, 2.05) is 36.4 Å². The Morgan fingerprint density at radius 1 is 1.15 bits per heavy atom. The summed E-state index contributed by atoms with van der Waals surface area (Å²) in [4.78, 5) is 0. The molecule has 0 spiro atoms. The molecule has 2 aromatic rings. The van der Waals surface area contributed by atoms with Gasteiger partial charge in [0.15, 0.2) is 0 Å². The van der Waals surface area contributed by atoms with Crippen LogP contribution in [0.4, 0.5) is 0 Å². The third-order valence-corrected chi connectivity index (χ3v) is 3.48. The summed E-state index contributed by atoms with van der Waals surface area (Å²) in [6.07, 6.45) is 0.713. The monoisotopic (exact) mass is 288 g/mol. The van der Waals surface area contributed by atoms with Gasteiger partial charge in [-0.2, -0.15) is 0 Å². The molecule has 0 unspecified atom stereocenters. The Kier molecular flexibility index (Phi) is 5.07. The number of benzene rings is 2. The van der Waals surface area contributed by atoms with Crippen molar-refractivity contribution >= 4 is 11.7 Å². The molecule has 0 aliphatic rings.